The number of nitrogen functional groups attached to an aromatic ring is 2. The van der Waals surface area contributed by atoms with E-state index in [9.17, 15) is 63.1 Å². The highest BCUT2D eigenvalue weighted by Crippen LogP contribution is 2.40. The van der Waals surface area contributed by atoms with E-state index >= 15 is 0 Å². The molecule has 392 valence electrons. The molecular weight excluding hydrogens is 1010 g/mol. The molecule has 0 spiro atoms. The minimum Gasteiger partial charge on any atom is -0.494 e. The summed E-state index contributed by atoms with van der Waals surface area (Å²) in [7, 11) is 0. The zero-order chi connectivity index (χ0) is 54.7. The summed E-state index contributed by atoms with van der Waals surface area (Å²) in [6, 6.07) is 30.8. The fourth-order valence-corrected chi connectivity index (χ4v) is 7.04. The van der Waals surface area contributed by atoms with E-state index in [4.69, 9.17) is 30.4 Å². The Bertz CT molecular complexity index is 3060. The quantitative estimate of drug-likeness (QED) is 0.0135. The van der Waals surface area contributed by atoms with Crippen LogP contribution in [-0.4, -0.2) is 60.9 Å². The first kappa shape index (κ1) is 55.9. The summed E-state index contributed by atoms with van der Waals surface area (Å²) in [4.78, 5) is 53.5. The highest BCUT2D eigenvalue weighted by atomic mass is 19.4. The smallest absolute Gasteiger partial charge is 0.453 e. The fourth-order valence-electron chi connectivity index (χ4n) is 7.04. The van der Waals surface area contributed by atoms with Gasteiger partial charge >= 0.3 is 36.1 Å². The first-order valence-electron chi connectivity index (χ1n) is 22.5. The number of allylic oxidation sites excluding steroid dienone is 2. The third-order valence-electron chi connectivity index (χ3n) is 11.2. The molecule has 0 aromatic heterocycles. The average Bonchev–Trinajstić information content (AvgIpc) is 3.36. The summed E-state index contributed by atoms with van der Waals surface area (Å²) < 4.78 is 148. The number of carbonyl (C=O) groups is 4. The van der Waals surface area contributed by atoms with Gasteiger partial charge in [-0.2, -0.15) is 43.9 Å². The standard InChI is InChI=1S/C55H44F10N2O8/c1-33-46(67)25-24-44(49(33)48(69)27-9-35-6-12-37(13-7-35)51(71)75-42-21-17-40(18-22-42)73-31-3-29-53(58,59)55(63,64)65)43-23-14-38(66)32-45(43)47(68)26-8-34-4-10-36(11-5-34)50(70)74-41-19-15-39(16-20-41)72-30-2-28-52(56,57)54(60,61)62/h4-27,32H,2-3,28-31,66-67H2,1H3/b26-8+,27-9+. The van der Waals surface area contributed by atoms with Crippen molar-refractivity contribution in [3.8, 4) is 34.1 Å². The van der Waals surface area contributed by atoms with Crippen LogP contribution < -0.4 is 30.4 Å². The molecule has 0 saturated heterocycles. The Labute approximate surface area is 422 Å². The number of hydrogen-bond donors (Lipinski definition) is 2. The Morgan fingerprint density at radius 2 is 0.893 bits per heavy atom. The van der Waals surface area contributed by atoms with Gasteiger partial charge in [-0.05, 0) is 151 Å². The average molecular weight is 1050 g/mol. The molecule has 6 aromatic rings. The molecule has 4 N–H and O–H groups in total. The van der Waals surface area contributed by atoms with Crippen LogP contribution in [0.2, 0.25) is 0 Å². The molecule has 6 aromatic carbocycles. The molecule has 0 amide bonds. The van der Waals surface area contributed by atoms with Crippen molar-refractivity contribution in [2.45, 2.75) is 56.8 Å². The monoisotopic (exact) mass is 1050 g/mol. The van der Waals surface area contributed by atoms with Crippen LogP contribution >= 0.6 is 0 Å². The van der Waals surface area contributed by atoms with Crippen LogP contribution in [0.25, 0.3) is 23.3 Å². The van der Waals surface area contributed by atoms with Crippen molar-refractivity contribution in [2.24, 2.45) is 0 Å². The van der Waals surface area contributed by atoms with Crippen molar-refractivity contribution in [1.82, 2.24) is 0 Å². The van der Waals surface area contributed by atoms with Crippen LogP contribution in [0.15, 0.2) is 140 Å². The third-order valence-corrected chi connectivity index (χ3v) is 11.2. The predicted octanol–water partition coefficient (Wildman–Crippen LogP) is 13.8. The van der Waals surface area contributed by atoms with Gasteiger partial charge < -0.3 is 30.4 Å². The minimum absolute atomic E-state index is 0.0967. The van der Waals surface area contributed by atoms with Crippen molar-refractivity contribution in [1.29, 1.82) is 0 Å². The Kier molecular flexibility index (Phi) is 17.6. The summed E-state index contributed by atoms with van der Waals surface area (Å²) in [5, 5.41) is 0. The Morgan fingerprint density at radius 1 is 0.493 bits per heavy atom. The highest BCUT2D eigenvalue weighted by molar-refractivity contribution is 6.16. The Hall–Kier alpha value is -8.42. The van der Waals surface area contributed by atoms with E-state index < -0.39 is 86.6 Å². The SMILES string of the molecule is Cc1c(N)ccc(-c2ccc(N)cc2C(=O)/C=C/c2ccc(C(=O)Oc3ccc(OCCCC(F)(F)C(F)(F)F)cc3)cc2)c1C(=O)/C=C/c1ccc(C(=O)Oc2ccc(OCCCC(F)(F)C(F)(F)F)cc2)cc1. The molecule has 0 radical (unpaired) electrons. The first-order chi connectivity index (χ1) is 35.3. The van der Waals surface area contributed by atoms with E-state index in [-0.39, 0.29) is 50.9 Å². The number of ether oxygens (including phenoxy) is 4. The van der Waals surface area contributed by atoms with Gasteiger partial charge in [0.05, 0.1) is 24.3 Å². The lowest BCUT2D eigenvalue weighted by Crippen LogP contribution is -2.36. The second-order valence-electron chi connectivity index (χ2n) is 16.7. The molecule has 0 aliphatic rings. The van der Waals surface area contributed by atoms with Gasteiger partial charge in [-0.15, -0.1) is 0 Å². The minimum atomic E-state index is -5.65. The number of ketones is 2. The molecule has 0 heterocycles. The maximum Gasteiger partial charge on any atom is 0.453 e. The number of hydrogen-bond acceptors (Lipinski definition) is 10. The van der Waals surface area contributed by atoms with Gasteiger partial charge in [0, 0.05) is 35.3 Å². The lowest BCUT2D eigenvalue weighted by Gasteiger charge is -2.19. The van der Waals surface area contributed by atoms with Crippen LogP contribution in [0.5, 0.6) is 23.0 Å². The van der Waals surface area contributed by atoms with Crippen molar-refractivity contribution in [3.63, 3.8) is 0 Å². The lowest BCUT2D eigenvalue weighted by atomic mass is 9.88. The molecule has 10 nitrogen and oxygen atoms in total. The maximum atomic E-state index is 14.0. The number of alkyl halides is 10. The van der Waals surface area contributed by atoms with E-state index in [1.807, 2.05) is 0 Å². The topological polar surface area (TPSA) is 157 Å². The van der Waals surface area contributed by atoms with E-state index in [1.54, 1.807) is 55.5 Å². The number of anilines is 2. The molecule has 0 bridgehead atoms. The van der Waals surface area contributed by atoms with Crippen molar-refractivity contribution < 1.29 is 82.0 Å². The Morgan fingerprint density at radius 3 is 1.32 bits per heavy atom. The van der Waals surface area contributed by atoms with Crippen LogP contribution in [0.3, 0.4) is 0 Å². The Balaban J connectivity index is 1.06. The fraction of sp³-hybridized carbons (Fsp3) is 0.200. The summed E-state index contributed by atoms with van der Waals surface area (Å²) in [6.45, 7) is 0.855. The van der Waals surface area contributed by atoms with Gasteiger partial charge in [-0.25, -0.2) is 9.59 Å². The summed E-state index contributed by atoms with van der Waals surface area (Å²) in [6.07, 6.45) is -9.66. The number of rotatable bonds is 21. The number of esters is 2. The van der Waals surface area contributed by atoms with Crippen molar-refractivity contribution in [2.75, 3.05) is 24.7 Å². The first-order valence-corrected chi connectivity index (χ1v) is 22.5. The van der Waals surface area contributed by atoms with Crippen molar-refractivity contribution in [3.05, 3.63) is 178 Å². The number of benzene rings is 6. The van der Waals surface area contributed by atoms with Crippen LogP contribution in [-0.2, 0) is 0 Å². The van der Waals surface area contributed by atoms with E-state index in [1.165, 1.54) is 103 Å². The lowest BCUT2D eigenvalue weighted by molar-refractivity contribution is -0.284. The summed E-state index contributed by atoms with van der Waals surface area (Å²) in [5.74, 6) is -11.6. The predicted molar refractivity (Wildman–Crippen MR) is 259 cm³/mol. The second kappa shape index (κ2) is 23.6. The molecule has 0 atom stereocenters. The van der Waals surface area contributed by atoms with E-state index in [0.29, 0.717) is 33.5 Å². The zero-order valence-electron chi connectivity index (χ0n) is 39.4. The van der Waals surface area contributed by atoms with Crippen LogP contribution in [0.4, 0.5) is 55.3 Å². The molecule has 75 heavy (non-hydrogen) atoms. The van der Waals surface area contributed by atoms with Crippen LogP contribution in [0, 0.1) is 6.92 Å². The van der Waals surface area contributed by atoms with E-state index in [2.05, 4.69) is 0 Å². The highest BCUT2D eigenvalue weighted by Gasteiger charge is 2.57. The van der Waals surface area contributed by atoms with Gasteiger partial charge in [0.25, 0.3) is 0 Å². The summed E-state index contributed by atoms with van der Waals surface area (Å²) >= 11 is 0. The molecule has 20 heteroatoms. The van der Waals surface area contributed by atoms with Gasteiger partial charge in [-0.3, -0.25) is 9.59 Å². The van der Waals surface area contributed by atoms with Gasteiger partial charge in [0.2, 0.25) is 0 Å². The third kappa shape index (κ3) is 14.9. The molecule has 6 rings (SSSR count). The number of carbonyl (C=O) groups excluding carboxylic acids is 4. The van der Waals surface area contributed by atoms with Crippen LogP contribution in [0.1, 0.15) is 83.8 Å². The van der Waals surface area contributed by atoms with Gasteiger partial charge in [0.15, 0.2) is 11.6 Å². The van der Waals surface area contributed by atoms with E-state index in [0.717, 1.165) is 0 Å². The molecule has 0 unspecified atom stereocenters. The van der Waals surface area contributed by atoms with Crippen molar-refractivity contribution >= 4 is 47.0 Å². The van der Waals surface area contributed by atoms with Gasteiger partial charge in [-0.1, -0.05) is 48.6 Å². The molecule has 0 aliphatic carbocycles. The largest absolute Gasteiger partial charge is 0.494 e. The zero-order valence-corrected chi connectivity index (χ0v) is 39.4. The summed E-state index contributed by atoms with van der Waals surface area (Å²) in [5.41, 5.74) is 15.9. The number of halogens is 10. The normalized spacial score (nSPS) is 12.2. The number of nitrogens with two attached hydrogens (primary N) is 2. The molecule has 0 fully saturated rings. The molecular formula is C55H44F10N2O8. The molecule has 0 saturated carbocycles. The van der Waals surface area contributed by atoms with Gasteiger partial charge in [0.1, 0.15) is 23.0 Å². The maximum absolute atomic E-state index is 14.0. The molecule has 0 aliphatic heterocycles. The second-order valence-corrected chi connectivity index (χ2v) is 16.7.